The van der Waals surface area contributed by atoms with E-state index in [9.17, 15) is 9.59 Å². The minimum Gasteiger partial charge on any atom is -0.486 e. The third-order valence-electron chi connectivity index (χ3n) is 4.86. The van der Waals surface area contributed by atoms with Crippen LogP contribution in [0.4, 0.5) is 0 Å². The van der Waals surface area contributed by atoms with Crippen molar-refractivity contribution < 1.29 is 19.1 Å². The number of hydrogen-bond acceptors (Lipinski definition) is 6. The van der Waals surface area contributed by atoms with E-state index in [1.54, 1.807) is 31.2 Å². The van der Waals surface area contributed by atoms with Crippen LogP contribution in [0.25, 0.3) is 0 Å². The number of halogens is 1. The van der Waals surface area contributed by atoms with E-state index < -0.39 is 5.54 Å². The van der Waals surface area contributed by atoms with Crippen molar-refractivity contribution in [2.45, 2.75) is 51.2 Å². The molecule has 0 atom stereocenters. The zero-order valence-corrected chi connectivity index (χ0v) is 17.5. The van der Waals surface area contributed by atoms with Crippen LogP contribution < -0.4 is 10.1 Å². The number of ether oxygens (including phenoxy) is 2. The van der Waals surface area contributed by atoms with Crippen molar-refractivity contribution in [3.8, 4) is 5.75 Å². The van der Waals surface area contributed by atoms with Gasteiger partial charge in [-0.25, -0.2) is 9.78 Å². The van der Waals surface area contributed by atoms with Crippen LogP contribution in [0.2, 0.25) is 5.02 Å². The van der Waals surface area contributed by atoms with Gasteiger partial charge >= 0.3 is 5.97 Å². The SMILES string of the molecule is COC(=O)C1(NC(=O)c2sc(COc3ccc(Cl)cc3)nc2C)CCCCC1. The van der Waals surface area contributed by atoms with Gasteiger partial charge in [-0.05, 0) is 44.0 Å². The fraction of sp³-hybridized carbons (Fsp3) is 0.450. The van der Waals surface area contributed by atoms with Crippen molar-refractivity contribution in [1.29, 1.82) is 0 Å². The number of aryl methyl sites for hydroxylation is 1. The fourth-order valence-corrected chi connectivity index (χ4v) is 4.40. The number of aromatic nitrogens is 1. The summed E-state index contributed by atoms with van der Waals surface area (Å²) in [6.45, 7) is 2.03. The first-order chi connectivity index (χ1) is 13.4. The maximum atomic E-state index is 12.9. The predicted molar refractivity (Wildman–Crippen MR) is 108 cm³/mol. The summed E-state index contributed by atoms with van der Waals surface area (Å²) in [4.78, 5) is 30.2. The monoisotopic (exact) mass is 422 g/mol. The van der Waals surface area contributed by atoms with Gasteiger partial charge < -0.3 is 14.8 Å². The topological polar surface area (TPSA) is 77.5 Å². The maximum Gasteiger partial charge on any atom is 0.331 e. The number of hydrogen-bond donors (Lipinski definition) is 1. The number of carbonyl (C=O) groups is 2. The first-order valence-electron chi connectivity index (χ1n) is 9.19. The van der Waals surface area contributed by atoms with Gasteiger partial charge in [-0.1, -0.05) is 30.9 Å². The number of rotatable bonds is 6. The van der Waals surface area contributed by atoms with Crippen molar-refractivity contribution in [1.82, 2.24) is 10.3 Å². The Kier molecular flexibility index (Phi) is 6.57. The molecule has 150 valence electrons. The third kappa shape index (κ3) is 4.64. The number of benzene rings is 1. The van der Waals surface area contributed by atoms with Gasteiger partial charge in [0.15, 0.2) is 0 Å². The van der Waals surface area contributed by atoms with Crippen LogP contribution in [0.5, 0.6) is 5.75 Å². The molecule has 6 nitrogen and oxygen atoms in total. The van der Waals surface area contributed by atoms with Gasteiger partial charge in [0.1, 0.15) is 27.8 Å². The van der Waals surface area contributed by atoms with Gasteiger partial charge in [0.25, 0.3) is 5.91 Å². The molecule has 1 aliphatic carbocycles. The molecule has 1 N–H and O–H groups in total. The van der Waals surface area contributed by atoms with Gasteiger partial charge in [0.2, 0.25) is 0 Å². The van der Waals surface area contributed by atoms with E-state index in [1.807, 2.05) is 0 Å². The Hall–Kier alpha value is -2.12. The maximum absolute atomic E-state index is 12.9. The molecule has 8 heteroatoms. The van der Waals surface area contributed by atoms with E-state index in [0.29, 0.717) is 39.2 Å². The Balaban J connectivity index is 1.69. The van der Waals surface area contributed by atoms with Crippen molar-refractivity contribution in [2.24, 2.45) is 0 Å². The van der Waals surface area contributed by atoms with E-state index in [-0.39, 0.29) is 18.5 Å². The minimum absolute atomic E-state index is 0.253. The highest BCUT2D eigenvalue weighted by Crippen LogP contribution is 2.30. The van der Waals surface area contributed by atoms with Crippen LogP contribution in [0.15, 0.2) is 24.3 Å². The summed E-state index contributed by atoms with van der Waals surface area (Å²) in [7, 11) is 1.36. The van der Waals surface area contributed by atoms with Gasteiger partial charge in [-0.15, -0.1) is 11.3 Å². The summed E-state index contributed by atoms with van der Waals surface area (Å²) in [5.74, 6) is 0.00385. The average Bonchev–Trinajstić information content (AvgIpc) is 3.08. The lowest BCUT2D eigenvalue weighted by Gasteiger charge is -2.35. The number of esters is 1. The standard InChI is InChI=1S/C20H23ClN2O4S/c1-13-17(18(24)23-20(19(25)26-2)10-4-3-5-11-20)28-16(22-13)12-27-15-8-6-14(21)7-9-15/h6-9H,3-5,10-12H2,1-2H3,(H,23,24). The quantitative estimate of drug-likeness (QED) is 0.702. The fourth-order valence-electron chi connectivity index (χ4n) is 3.41. The van der Waals surface area contributed by atoms with Crippen molar-refractivity contribution in [3.63, 3.8) is 0 Å². The molecular weight excluding hydrogens is 400 g/mol. The molecule has 1 saturated carbocycles. The summed E-state index contributed by atoms with van der Waals surface area (Å²) in [5.41, 5.74) is -0.325. The first kappa shape index (κ1) is 20.6. The summed E-state index contributed by atoms with van der Waals surface area (Å²) >= 11 is 7.14. The molecule has 0 spiro atoms. The Labute approximate surface area is 173 Å². The molecule has 1 heterocycles. The van der Waals surface area contributed by atoms with Gasteiger partial charge in [-0.2, -0.15) is 0 Å². The Morgan fingerprint density at radius 3 is 2.54 bits per heavy atom. The Bertz CT molecular complexity index is 844. The molecule has 28 heavy (non-hydrogen) atoms. The molecule has 0 bridgehead atoms. The summed E-state index contributed by atoms with van der Waals surface area (Å²) < 4.78 is 10.7. The van der Waals surface area contributed by atoms with Crippen LogP contribution in [-0.4, -0.2) is 29.5 Å². The Morgan fingerprint density at radius 2 is 1.89 bits per heavy atom. The highest BCUT2D eigenvalue weighted by molar-refractivity contribution is 7.13. The molecule has 1 aromatic carbocycles. The van der Waals surface area contributed by atoms with Crippen molar-refractivity contribution in [2.75, 3.05) is 7.11 Å². The van der Waals surface area contributed by atoms with Crippen molar-refractivity contribution >= 4 is 34.8 Å². The second-order valence-corrected chi connectivity index (χ2v) is 8.37. The van der Waals surface area contributed by atoms with E-state index in [0.717, 1.165) is 19.3 Å². The highest BCUT2D eigenvalue weighted by Gasteiger charge is 2.42. The van der Waals surface area contributed by atoms with Crippen molar-refractivity contribution in [3.05, 3.63) is 44.9 Å². The molecule has 0 radical (unpaired) electrons. The van der Waals surface area contributed by atoms with Gasteiger partial charge in [-0.3, -0.25) is 4.79 Å². The molecule has 2 aromatic rings. The number of methoxy groups -OCH3 is 1. The second-order valence-electron chi connectivity index (χ2n) is 6.85. The van der Waals surface area contributed by atoms with Crippen LogP contribution in [0.1, 0.15) is 52.5 Å². The lowest BCUT2D eigenvalue weighted by Crippen LogP contribution is -2.56. The molecule has 0 aliphatic heterocycles. The van der Waals surface area contributed by atoms with E-state index >= 15 is 0 Å². The van der Waals surface area contributed by atoms with Gasteiger partial charge in [0, 0.05) is 5.02 Å². The zero-order valence-electron chi connectivity index (χ0n) is 15.9. The molecule has 1 aliphatic rings. The molecule has 3 rings (SSSR count). The van der Waals surface area contributed by atoms with Crippen LogP contribution >= 0.6 is 22.9 Å². The zero-order chi connectivity index (χ0) is 20.1. The molecular formula is C20H23ClN2O4S. The smallest absolute Gasteiger partial charge is 0.331 e. The highest BCUT2D eigenvalue weighted by atomic mass is 35.5. The largest absolute Gasteiger partial charge is 0.486 e. The molecule has 0 saturated heterocycles. The van der Waals surface area contributed by atoms with E-state index in [4.69, 9.17) is 21.1 Å². The van der Waals surface area contributed by atoms with E-state index in [2.05, 4.69) is 10.3 Å². The second kappa shape index (κ2) is 8.92. The third-order valence-corrected chi connectivity index (χ3v) is 6.24. The average molecular weight is 423 g/mol. The summed E-state index contributed by atoms with van der Waals surface area (Å²) in [6, 6.07) is 7.05. The summed E-state index contributed by atoms with van der Waals surface area (Å²) in [6.07, 6.45) is 4.01. The summed E-state index contributed by atoms with van der Waals surface area (Å²) in [5, 5.41) is 4.26. The van der Waals surface area contributed by atoms with Crippen LogP contribution in [0.3, 0.4) is 0 Å². The molecule has 0 unspecified atom stereocenters. The lowest BCUT2D eigenvalue weighted by molar-refractivity contribution is -0.149. The molecule has 1 fully saturated rings. The first-order valence-corrected chi connectivity index (χ1v) is 10.4. The number of nitrogens with one attached hydrogen (secondary N) is 1. The normalized spacial score (nSPS) is 15.7. The van der Waals surface area contributed by atoms with Crippen LogP contribution in [0, 0.1) is 6.92 Å². The van der Waals surface area contributed by atoms with Crippen LogP contribution in [-0.2, 0) is 16.1 Å². The minimum atomic E-state index is -0.944. The number of amides is 1. The predicted octanol–water partition coefficient (Wildman–Crippen LogP) is 4.29. The molecule has 1 amide bonds. The number of carbonyl (C=O) groups excluding carboxylic acids is 2. The lowest BCUT2D eigenvalue weighted by atomic mass is 9.81. The van der Waals surface area contributed by atoms with Gasteiger partial charge in [0.05, 0.1) is 12.8 Å². The number of nitrogens with zero attached hydrogens (tertiary/aromatic N) is 1. The molecule has 1 aromatic heterocycles. The number of thiazole rings is 1. The van der Waals surface area contributed by atoms with E-state index in [1.165, 1.54) is 18.4 Å². The Morgan fingerprint density at radius 1 is 1.21 bits per heavy atom.